The highest BCUT2D eigenvalue weighted by atomic mass is 16.6. The zero-order valence-electron chi connectivity index (χ0n) is 45.8. The number of aliphatic carboxylic acids is 1. The highest BCUT2D eigenvalue weighted by Gasteiger charge is 2.25. The maximum Gasteiger partial charge on any atom is 0.306 e. The molecule has 0 aliphatic rings. The molecule has 2 atom stereocenters. The highest BCUT2D eigenvalue weighted by Crippen LogP contribution is 2.17. The molecule has 0 N–H and O–H groups in total. The van der Waals surface area contributed by atoms with Crippen molar-refractivity contribution in [3.8, 4) is 0 Å². The summed E-state index contributed by atoms with van der Waals surface area (Å²) in [5, 5.41) is 11.7. The van der Waals surface area contributed by atoms with Gasteiger partial charge in [-0.15, -0.1) is 0 Å². The van der Waals surface area contributed by atoms with Crippen molar-refractivity contribution in [2.75, 3.05) is 41.0 Å². The Morgan fingerprint density at radius 3 is 1.06 bits per heavy atom. The number of carboxylic acids is 1. The Labute approximate surface area is 421 Å². The highest BCUT2D eigenvalue weighted by molar-refractivity contribution is 5.70. The molecular weight excluding hydrogens is 847 g/mol. The minimum absolute atomic E-state index is 0.0413. The Hall–Kier alpha value is -2.19. The lowest BCUT2D eigenvalue weighted by Crippen LogP contribution is -2.55. The first kappa shape index (κ1) is 65.8. The number of carboxylic acid groups (broad SMARTS) is 1. The number of likely N-dealkylation sites (N-methyl/N-ethyl adjacent to an activating group) is 1. The molecule has 0 heterocycles. The molecule has 0 amide bonds. The molecule has 8 heteroatoms. The van der Waals surface area contributed by atoms with Crippen molar-refractivity contribution >= 4 is 17.9 Å². The number of nitrogens with zero attached hydrogens (tertiary/aromatic N) is 1. The summed E-state index contributed by atoms with van der Waals surface area (Å²) in [5.41, 5.74) is 0. The van der Waals surface area contributed by atoms with E-state index < -0.39 is 18.1 Å². The summed E-state index contributed by atoms with van der Waals surface area (Å²) in [6.45, 7) is 4.71. The van der Waals surface area contributed by atoms with E-state index in [1.54, 1.807) is 0 Å². The molecule has 0 rings (SSSR count). The Kier molecular flexibility index (Phi) is 49.5. The average Bonchev–Trinajstić information content (AvgIpc) is 3.30. The van der Waals surface area contributed by atoms with Crippen LogP contribution in [0.3, 0.4) is 0 Å². The number of unbranched alkanes of at least 4 members (excludes halogenated alkanes) is 36. The van der Waals surface area contributed by atoms with Gasteiger partial charge in [-0.25, -0.2) is 0 Å². The third-order valence-electron chi connectivity index (χ3n) is 13.6. The molecule has 0 aliphatic heterocycles. The fraction of sp³-hybridized carbons (Fsp3) is 0.883. The lowest BCUT2D eigenvalue weighted by Gasteiger charge is -2.34. The molecule has 8 nitrogen and oxygen atoms in total. The van der Waals surface area contributed by atoms with Gasteiger partial charge in [0, 0.05) is 19.3 Å². The Balaban J connectivity index is 4.15. The molecular formula is C60H113NO7. The minimum atomic E-state index is -1.12. The number of esters is 2. The van der Waals surface area contributed by atoms with E-state index in [0.29, 0.717) is 12.8 Å². The summed E-state index contributed by atoms with van der Waals surface area (Å²) in [7, 11) is 5.43. The van der Waals surface area contributed by atoms with Crippen molar-refractivity contribution in [2.24, 2.45) is 0 Å². The summed E-state index contributed by atoms with van der Waals surface area (Å²) in [4.78, 5) is 37.2. The van der Waals surface area contributed by atoms with E-state index in [-0.39, 0.29) is 42.7 Å². The van der Waals surface area contributed by atoms with E-state index in [2.05, 4.69) is 38.2 Å². The van der Waals surface area contributed by atoms with E-state index in [1.165, 1.54) is 218 Å². The summed E-state index contributed by atoms with van der Waals surface area (Å²) in [6.07, 6.45) is 60.8. The molecule has 0 radical (unpaired) electrons. The molecule has 0 aromatic carbocycles. The fourth-order valence-electron chi connectivity index (χ4n) is 9.01. The summed E-state index contributed by atoms with van der Waals surface area (Å²) < 4.78 is 17.3. The monoisotopic (exact) mass is 960 g/mol. The van der Waals surface area contributed by atoms with Crippen LogP contribution in [0.2, 0.25) is 0 Å². The Bertz CT molecular complexity index is 1160. The molecule has 0 aliphatic carbocycles. The molecule has 0 spiro atoms. The third kappa shape index (κ3) is 48.8. The molecule has 2 unspecified atom stereocenters. The van der Waals surface area contributed by atoms with Crippen molar-refractivity contribution in [1.82, 2.24) is 0 Å². The van der Waals surface area contributed by atoms with Gasteiger partial charge in [0.2, 0.25) is 0 Å². The molecule has 0 aromatic heterocycles. The largest absolute Gasteiger partial charge is 0.544 e. The summed E-state index contributed by atoms with van der Waals surface area (Å²) >= 11 is 0. The molecule has 0 saturated heterocycles. The van der Waals surface area contributed by atoms with E-state index in [9.17, 15) is 19.5 Å². The lowest BCUT2D eigenvalue weighted by molar-refractivity contribution is -0.889. The first-order chi connectivity index (χ1) is 33.1. The number of rotatable bonds is 54. The predicted molar refractivity (Wildman–Crippen MR) is 287 cm³/mol. The van der Waals surface area contributed by atoms with Gasteiger partial charge in [-0.1, -0.05) is 231 Å². The normalized spacial score (nSPS) is 12.9. The number of quaternary nitrogens is 1. The number of carbonyl (C=O) groups is 3. The smallest absolute Gasteiger partial charge is 0.306 e. The van der Waals surface area contributed by atoms with Gasteiger partial charge >= 0.3 is 11.9 Å². The standard InChI is InChI=1S/C60H113NO7/c1-6-8-10-12-14-16-18-20-22-24-26-28-30-32-34-36-38-40-42-44-46-48-50-58(62)67-55-56(54-66-53-52-57(60(64)65)61(3,4)5)68-59(63)51-49-47-45-43-41-39-37-35-33-31-29-27-25-23-21-19-17-15-13-11-9-7-2/h30-33,56-57H,6-29,34-55H2,1-5H3/b32-30+,33-31+. The van der Waals surface area contributed by atoms with Gasteiger partial charge in [0.25, 0.3) is 0 Å². The minimum Gasteiger partial charge on any atom is -0.544 e. The van der Waals surface area contributed by atoms with Crippen LogP contribution >= 0.6 is 0 Å². The number of hydrogen-bond donors (Lipinski definition) is 0. The molecule has 0 saturated carbocycles. The molecule has 0 aromatic rings. The van der Waals surface area contributed by atoms with Crippen LogP contribution in [0.4, 0.5) is 0 Å². The van der Waals surface area contributed by atoms with Gasteiger partial charge in [0.15, 0.2) is 6.10 Å². The van der Waals surface area contributed by atoms with Gasteiger partial charge in [-0.3, -0.25) is 9.59 Å². The quantitative estimate of drug-likeness (QED) is 0.0259. The summed E-state index contributed by atoms with van der Waals surface area (Å²) in [6, 6.07) is -0.726. The number of ether oxygens (including phenoxy) is 3. The van der Waals surface area contributed by atoms with Crippen molar-refractivity contribution in [2.45, 2.75) is 302 Å². The molecule has 0 bridgehead atoms. The van der Waals surface area contributed by atoms with Crippen LogP contribution in [0, 0.1) is 0 Å². The van der Waals surface area contributed by atoms with Gasteiger partial charge in [-0.05, 0) is 64.2 Å². The third-order valence-corrected chi connectivity index (χ3v) is 13.6. The predicted octanol–water partition coefficient (Wildman–Crippen LogP) is 16.2. The lowest BCUT2D eigenvalue weighted by atomic mass is 10.0. The molecule has 0 fully saturated rings. The van der Waals surface area contributed by atoms with E-state index in [4.69, 9.17) is 14.2 Å². The van der Waals surface area contributed by atoms with Crippen LogP contribution in [0.15, 0.2) is 24.3 Å². The van der Waals surface area contributed by atoms with Crippen molar-refractivity contribution in [3.05, 3.63) is 24.3 Å². The average molecular weight is 961 g/mol. The van der Waals surface area contributed by atoms with Crippen LogP contribution < -0.4 is 5.11 Å². The second-order valence-electron chi connectivity index (χ2n) is 21.2. The zero-order chi connectivity index (χ0) is 49.9. The molecule has 68 heavy (non-hydrogen) atoms. The maximum absolute atomic E-state index is 12.8. The Morgan fingerprint density at radius 2 is 0.735 bits per heavy atom. The Morgan fingerprint density at radius 1 is 0.426 bits per heavy atom. The zero-order valence-corrected chi connectivity index (χ0v) is 45.8. The first-order valence-electron chi connectivity index (χ1n) is 29.4. The van der Waals surface area contributed by atoms with Crippen molar-refractivity contribution in [1.29, 1.82) is 0 Å². The van der Waals surface area contributed by atoms with Crippen LogP contribution in [0.5, 0.6) is 0 Å². The van der Waals surface area contributed by atoms with Gasteiger partial charge in [0.05, 0.1) is 40.3 Å². The first-order valence-corrected chi connectivity index (χ1v) is 29.4. The number of carbonyl (C=O) groups excluding carboxylic acids is 3. The van der Waals surface area contributed by atoms with Crippen LogP contribution in [-0.4, -0.2) is 75.5 Å². The van der Waals surface area contributed by atoms with Crippen molar-refractivity contribution < 1.29 is 38.2 Å². The van der Waals surface area contributed by atoms with Crippen LogP contribution in [-0.2, 0) is 28.6 Å². The summed E-state index contributed by atoms with van der Waals surface area (Å²) in [5.74, 6) is -1.73. The van der Waals surface area contributed by atoms with E-state index in [1.807, 2.05) is 21.1 Å². The number of allylic oxidation sites excluding steroid dienone is 4. The SMILES string of the molecule is CCCCCCCCCCCCC/C=C/CCCCCCCCCC(=O)OCC(COCCC(C(=O)[O-])[N+](C)(C)C)OC(=O)CCCCCCCCC/C=C/CCCCCCCCCCCCC. The van der Waals surface area contributed by atoms with Crippen LogP contribution in [0.1, 0.15) is 290 Å². The topological polar surface area (TPSA) is 102 Å². The number of hydrogen-bond acceptors (Lipinski definition) is 7. The second-order valence-corrected chi connectivity index (χ2v) is 21.2. The van der Waals surface area contributed by atoms with E-state index >= 15 is 0 Å². The maximum atomic E-state index is 12.8. The van der Waals surface area contributed by atoms with E-state index in [0.717, 1.165) is 38.5 Å². The van der Waals surface area contributed by atoms with Gasteiger partial charge in [0.1, 0.15) is 12.6 Å². The van der Waals surface area contributed by atoms with Crippen molar-refractivity contribution in [3.63, 3.8) is 0 Å². The van der Waals surface area contributed by atoms with Crippen LogP contribution in [0.25, 0.3) is 0 Å². The van der Waals surface area contributed by atoms with Gasteiger partial charge < -0.3 is 28.6 Å². The molecule has 400 valence electrons. The second kappa shape index (κ2) is 51.2. The van der Waals surface area contributed by atoms with Gasteiger partial charge in [-0.2, -0.15) is 0 Å². The fourth-order valence-corrected chi connectivity index (χ4v) is 9.01.